The van der Waals surface area contributed by atoms with Gasteiger partial charge in [0.2, 0.25) is 0 Å². The molecular formula is C13H12F2N2O2S. The molecule has 0 amide bonds. The summed E-state index contributed by atoms with van der Waals surface area (Å²) in [6.45, 7) is 0. The van der Waals surface area contributed by atoms with Crippen LogP contribution in [0.25, 0.3) is 0 Å². The number of anilines is 3. The second kappa shape index (κ2) is 5.09. The summed E-state index contributed by atoms with van der Waals surface area (Å²) >= 11 is 0. The average molecular weight is 298 g/mol. The number of sulfone groups is 1. The number of halogens is 2. The van der Waals surface area contributed by atoms with Gasteiger partial charge in [0.15, 0.2) is 21.5 Å². The lowest BCUT2D eigenvalue weighted by Gasteiger charge is -2.11. The second-order valence-electron chi connectivity index (χ2n) is 4.25. The summed E-state index contributed by atoms with van der Waals surface area (Å²) in [5.74, 6) is -2.10. The quantitative estimate of drug-likeness (QED) is 0.855. The first kappa shape index (κ1) is 14.3. The summed E-state index contributed by atoms with van der Waals surface area (Å²) in [5, 5.41) is 2.63. The molecule has 106 valence electrons. The maximum Gasteiger partial charge on any atom is 0.184 e. The molecule has 0 radical (unpaired) electrons. The Hall–Kier alpha value is -2.15. The van der Waals surface area contributed by atoms with Crippen molar-refractivity contribution in [2.24, 2.45) is 0 Å². The first-order valence-electron chi connectivity index (χ1n) is 5.59. The fraction of sp³-hybridized carbons (Fsp3) is 0.0769. The molecule has 2 aromatic carbocycles. The van der Waals surface area contributed by atoms with Crippen molar-refractivity contribution in [3.8, 4) is 0 Å². The normalized spacial score (nSPS) is 11.3. The van der Waals surface area contributed by atoms with E-state index in [2.05, 4.69) is 5.32 Å². The van der Waals surface area contributed by atoms with Crippen LogP contribution in [0.15, 0.2) is 41.3 Å². The molecule has 7 heteroatoms. The highest BCUT2D eigenvalue weighted by Crippen LogP contribution is 2.28. The summed E-state index contributed by atoms with van der Waals surface area (Å²) in [6.07, 6.45) is 1.08. The molecule has 0 aliphatic heterocycles. The third kappa shape index (κ3) is 2.88. The number of benzene rings is 2. The highest BCUT2D eigenvalue weighted by molar-refractivity contribution is 7.90. The maximum absolute atomic E-state index is 13.6. The van der Waals surface area contributed by atoms with Gasteiger partial charge in [-0.2, -0.15) is 0 Å². The Kier molecular flexibility index (Phi) is 3.63. The van der Waals surface area contributed by atoms with Gasteiger partial charge < -0.3 is 11.1 Å². The highest BCUT2D eigenvalue weighted by Gasteiger charge is 2.12. The number of hydrogen-bond donors (Lipinski definition) is 2. The molecular weight excluding hydrogens is 286 g/mol. The minimum absolute atomic E-state index is 0.0519. The number of rotatable bonds is 3. The lowest BCUT2D eigenvalue weighted by molar-refractivity contribution is 0.512. The number of nitrogens with two attached hydrogens (primary N) is 1. The van der Waals surface area contributed by atoms with Crippen LogP contribution in [0.2, 0.25) is 0 Å². The van der Waals surface area contributed by atoms with Crippen molar-refractivity contribution in [2.45, 2.75) is 4.90 Å². The monoisotopic (exact) mass is 298 g/mol. The third-order valence-electron chi connectivity index (χ3n) is 2.68. The summed E-state index contributed by atoms with van der Waals surface area (Å²) in [6, 6.07) is 7.80. The van der Waals surface area contributed by atoms with E-state index in [1.165, 1.54) is 30.3 Å². The predicted molar refractivity (Wildman–Crippen MR) is 73.6 cm³/mol. The van der Waals surface area contributed by atoms with Crippen LogP contribution in [0, 0.1) is 11.6 Å². The molecule has 0 fully saturated rings. The molecule has 0 bridgehead atoms. The molecule has 0 spiro atoms. The van der Waals surface area contributed by atoms with Crippen molar-refractivity contribution in [1.29, 1.82) is 0 Å². The summed E-state index contributed by atoms with van der Waals surface area (Å²) in [4.78, 5) is 0.135. The molecule has 4 nitrogen and oxygen atoms in total. The molecule has 0 heterocycles. The van der Waals surface area contributed by atoms with Crippen LogP contribution in [0.3, 0.4) is 0 Å². The molecule has 0 aliphatic carbocycles. The minimum Gasteiger partial charge on any atom is -0.397 e. The first-order chi connectivity index (χ1) is 9.29. The fourth-order valence-corrected chi connectivity index (χ4v) is 2.25. The van der Waals surface area contributed by atoms with Crippen LogP contribution in [0.5, 0.6) is 0 Å². The van der Waals surface area contributed by atoms with E-state index in [9.17, 15) is 17.2 Å². The lowest BCUT2D eigenvalue weighted by atomic mass is 10.2. The van der Waals surface area contributed by atoms with Gasteiger partial charge in [0.05, 0.1) is 10.6 Å². The van der Waals surface area contributed by atoms with E-state index in [0.29, 0.717) is 5.69 Å². The van der Waals surface area contributed by atoms with Crippen molar-refractivity contribution in [3.63, 3.8) is 0 Å². The Balaban J connectivity index is 2.34. The summed E-state index contributed by atoms with van der Waals surface area (Å²) < 4.78 is 49.3. The first-order valence-corrected chi connectivity index (χ1v) is 7.49. The lowest BCUT2D eigenvalue weighted by Crippen LogP contribution is -2.02. The number of nitrogens with one attached hydrogen (secondary N) is 1. The Bertz CT molecular complexity index is 744. The molecule has 2 rings (SSSR count). The van der Waals surface area contributed by atoms with Crippen molar-refractivity contribution in [2.75, 3.05) is 17.3 Å². The average Bonchev–Trinajstić information content (AvgIpc) is 2.39. The zero-order chi connectivity index (χ0) is 14.9. The Morgan fingerprint density at radius 3 is 2.20 bits per heavy atom. The molecule has 2 aromatic rings. The van der Waals surface area contributed by atoms with Crippen LogP contribution < -0.4 is 11.1 Å². The third-order valence-corrected chi connectivity index (χ3v) is 3.81. The topological polar surface area (TPSA) is 72.2 Å². The van der Waals surface area contributed by atoms with Gasteiger partial charge in [-0.15, -0.1) is 0 Å². The van der Waals surface area contributed by atoms with E-state index in [1.54, 1.807) is 0 Å². The molecule has 0 saturated heterocycles. The second-order valence-corrected chi connectivity index (χ2v) is 6.26. The van der Waals surface area contributed by atoms with Crippen LogP contribution in [-0.2, 0) is 9.84 Å². The van der Waals surface area contributed by atoms with Gasteiger partial charge in [-0.05, 0) is 36.4 Å². The van der Waals surface area contributed by atoms with E-state index < -0.39 is 21.5 Å². The van der Waals surface area contributed by atoms with Crippen LogP contribution in [0.1, 0.15) is 0 Å². The van der Waals surface area contributed by atoms with Gasteiger partial charge in [-0.1, -0.05) is 0 Å². The van der Waals surface area contributed by atoms with Gasteiger partial charge in [-0.3, -0.25) is 0 Å². The molecule has 20 heavy (non-hydrogen) atoms. The fourth-order valence-electron chi connectivity index (χ4n) is 1.62. The summed E-state index contributed by atoms with van der Waals surface area (Å²) in [5.41, 5.74) is 5.84. The molecule has 0 aromatic heterocycles. The highest BCUT2D eigenvalue weighted by atomic mass is 32.2. The molecule has 0 atom stereocenters. The Morgan fingerprint density at radius 1 is 1.05 bits per heavy atom. The van der Waals surface area contributed by atoms with Crippen molar-refractivity contribution in [1.82, 2.24) is 0 Å². The molecule has 0 aliphatic rings. The molecule has 0 saturated carbocycles. The van der Waals surface area contributed by atoms with Crippen molar-refractivity contribution >= 4 is 26.9 Å². The number of hydrogen-bond acceptors (Lipinski definition) is 4. The zero-order valence-electron chi connectivity index (χ0n) is 10.5. The van der Waals surface area contributed by atoms with Crippen LogP contribution >= 0.6 is 0 Å². The van der Waals surface area contributed by atoms with E-state index in [1.807, 2.05) is 0 Å². The predicted octanol–water partition coefficient (Wildman–Crippen LogP) is 2.69. The zero-order valence-corrected chi connectivity index (χ0v) is 11.3. The number of nitrogen functional groups attached to an aromatic ring is 1. The van der Waals surface area contributed by atoms with Crippen molar-refractivity contribution in [3.05, 3.63) is 48.0 Å². The van der Waals surface area contributed by atoms with Crippen LogP contribution in [0.4, 0.5) is 25.8 Å². The molecule has 3 N–H and O–H groups in total. The van der Waals surface area contributed by atoms with Gasteiger partial charge in [-0.25, -0.2) is 17.2 Å². The standard InChI is InChI=1S/C13H12F2N2O2S/c1-20(18,19)9-4-2-8(3-5-9)17-13-11(16)7-6-10(14)12(13)15/h2-7,17H,16H2,1H3. The Labute approximate surface area is 115 Å². The van der Waals surface area contributed by atoms with Gasteiger partial charge in [0, 0.05) is 11.9 Å². The van der Waals surface area contributed by atoms with Crippen molar-refractivity contribution < 1.29 is 17.2 Å². The largest absolute Gasteiger partial charge is 0.397 e. The van der Waals surface area contributed by atoms with Gasteiger partial charge in [0.25, 0.3) is 0 Å². The van der Waals surface area contributed by atoms with Gasteiger partial charge >= 0.3 is 0 Å². The maximum atomic E-state index is 13.6. The van der Waals surface area contributed by atoms with E-state index in [-0.39, 0.29) is 16.3 Å². The molecule has 0 unspecified atom stereocenters. The minimum atomic E-state index is -3.30. The van der Waals surface area contributed by atoms with E-state index >= 15 is 0 Å². The smallest absolute Gasteiger partial charge is 0.184 e. The van der Waals surface area contributed by atoms with Gasteiger partial charge in [0.1, 0.15) is 5.69 Å². The van der Waals surface area contributed by atoms with E-state index in [0.717, 1.165) is 12.3 Å². The SMILES string of the molecule is CS(=O)(=O)c1ccc(Nc2c(N)ccc(F)c2F)cc1. The Morgan fingerprint density at radius 2 is 1.65 bits per heavy atom. The van der Waals surface area contributed by atoms with E-state index in [4.69, 9.17) is 5.73 Å². The van der Waals surface area contributed by atoms with Crippen LogP contribution in [-0.4, -0.2) is 14.7 Å². The summed E-state index contributed by atoms with van der Waals surface area (Å²) in [7, 11) is -3.30.